The van der Waals surface area contributed by atoms with Crippen LogP contribution in [-0.2, 0) is 6.54 Å². The van der Waals surface area contributed by atoms with Crippen molar-refractivity contribution in [2.45, 2.75) is 6.54 Å². The Labute approximate surface area is 107 Å². The summed E-state index contributed by atoms with van der Waals surface area (Å²) in [6.07, 6.45) is 1.91. The Kier molecular flexibility index (Phi) is 2.63. The fourth-order valence-electron chi connectivity index (χ4n) is 1.88. The molecule has 3 aromatic rings. The van der Waals surface area contributed by atoms with Gasteiger partial charge in [-0.2, -0.15) is 0 Å². The van der Waals surface area contributed by atoms with Crippen LogP contribution in [0, 0.1) is 0 Å². The molecule has 86 valence electrons. The van der Waals surface area contributed by atoms with Crippen LogP contribution in [0.25, 0.3) is 16.2 Å². The summed E-state index contributed by atoms with van der Waals surface area (Å²) in [7, 11) is 0. The van der Waals surface area contributed by atoms with E-state index in [2.05, 4.69) is 4.98 Å². The first-order valence-corrected chi connectivity index (χ1v) is 6.46. The van der Waals surface area contributed by atoms with E-state index in [4.69, 9.17) is 17.3 Å². The number of nitrogens with two attached hydrogens (primary N) is 1. The molecule has 0 aliphatic heterocycles. The molecule has 3 aromatic heterocycles. The van der Waals surface area contributed by atoms with Crippen molar-refractivity contribution in [1.29, 1.82) is 0 Å². The van der Waals surface area contributed by atoms with Crippen LogP contribution in [0.5, 0.6) is 0 Å². The topological polar surface area (TPSA) is 43.3 Å². The van der Waals surface area contributed by atoms with Crippen molar-refractivity contribution in [1.82, 2.24) is 9.38 Å². The summed E-state index contributed by atoms with van der Waals surface area (Å²) in [5.74, 6) is 0. The summed E-state index contributed by atoms with van der Waals surface area (Å²) in [4.78, 5) is 5.73. The predicted octanol–water partition coefficient (Wildman–Crippen LogP) is 3.17. The normalized spacial score (nSPS) is 11.2. The van der Waals surface area contributed by atoms with Gasteiger partial charge in [-0.25, -0.2) is 4.98 Å². The van der Waals surface area contributed by atoms with Gasteiger partial charge in [0.25, 0.3) is 0 Å². The second kappa shape index (κ2) is 4.14. The smallest absolute Gasteiger partial charge is 0.139 e. The molecule has 3 rings (SSSR count). The summed E-state index contributed by atoms with van der Waals surface area (Å²) in [5.41, 5.74) is 8.61. The van der Waals surface area contributed by atoms with E-state index >= 15 is 0 Å². The fourth-order valence-corrected chi connectivity index (χ4v) is 2.77. The molecular formula is C12H10ClN3S. The number of hydrogen-bond donors (Lipinski definition) is 1. The van der Waals surface area contributed by atoms with Gasteiger partial charge in [-0.05, 0) is 17.5 Å². The van der Waals surface area contributed by atoms with E-state index in [0.717, 1.165) is 21.9 Å². The van der Waals surface area contributed by atoms with Crippen molar-refractivity contribution in [3.63, 3.8) is 0 Å². The minimum absolute atomic E-state index is 0.454. The van der Waals surface area contributed by atoms with Crippen LogP contribution in [0.2, 0.25) is 5.02 Å². The molecule has 2 N–H and O–H groups in total. The van der Waals surface area contributed by atoms with Crippen molar-refractivity contribution in [2.24, 2.45) is 5.73 Å². The van der Waals surface area contributed by atoms with Crippen LogP contribution in [0.1, 0.15) is 5.69 Å². The first-order valence-electron chi connectivity index (χ1n) is 5.20. The van der Waals surface area contributed by atoms with Gasteiger partial charge in [0.1, 0.15) is 11.3 Å². The Morgan fingerprint density at radius 3 is 3.00 bits per heavy atom. The van der Waals surface area contributed by atoms with Crippen molar-refractivity contribution in [3.8, 4) is 10.6 Å². The molecular weight excluding hydrogens is 254 g/mol. The van der Waals surface area contributed by atoms with E-state index in [9.17, 15) is 0 Å². The third kappa shape index (κ3) is 1.74. The average molecular weight is 264 g/mol. The zero-order valence-electron chi connectivity index (χ0n) is 8.93. The molecule has 0 spiro atoms. The van der Waals surface area contributed by atoms with Gasteiger partial charge in [0.2, 0.25) is 0 Å². The van der Waals surface area contributed by atoms with Gasteiger partial charge < -0.3 is 10.1 Å². The van der Waals surface area contributed by atoms with Crippen LogP contribution in [-0.4, -0.2) is 9.38 Å². The molecule has 0 saturated carbocycles. The first-order chi connectivity index (χ1) is 8.29. The Balaban J connectivity index is 2.31. The molecule has 0 saturated heterocycles. The van der Waals surface area contributed by atoms with Crippen LogP contribution in [0.15, 0.2) is 35.8 Å². The quantitative estimate of drug-likeness (QED) is 0.772. The maximum absolute atomic E-state index is 5.97. The van der Waals surface area contributed by atoms with E-state index in [1.165, 1.54) is 0 Å². The number of nitrogens with zero attached hydrogens (tertiary/aromatic N) is 2. The van der Waals surface area contributed by atoms with E-state index in [0.29, 0.717) is 11.6 Å². The number of fused-ring (bicyclic) bond motifs is 1. The summed E-state index contributed by atoms with van der Waals surface area (Å²) in [5, 5.41) is 2.72. The number of imidazole rings is 1. The third-order valence-corrected chi connectivity index (χ3v) is 3.75. The molecule has 0 amide bonds. The Hall–Kier alpha value is -1.36. The average Bonchev–Trinajstić information content (AvgIpc) is 2.94. The lowest BCUT2D eigenvalue weighted by Crippen LogP contribution is -2.01. The maximum Gasteiger partial charge on any atom is 0.139 e. The highest BCUT2D eigenvalue weighted by Crippen LogP contribution is 2.28. The Morgan fingerprint density at radius 2 is 2.29 bits per heavy atom. The van der Waals surface area contributed by atoms with E-state index in [1.807, 2.05) is 40.2 Å². The van der Waals surface area contributed by atoms with Gasteiger partial charge in [0, 0.05) is 23.8 Å². The van der Waals surface area contributed by atoms with E-state index in [-0.39, 0.29) is 0 Å². The van der Waals surface area contributed by atoms with Crippen molar-refractivity contribution < 1.29 is 0 Å². The molecule has 3 nitrogen and oxygen atoms in total. The predicted molar refractivity (Wildman–Crippen MR) is 71.4 cm³/mol. The lowest BCUT2D eigenvalue weighted by Gasteiger charge is -2.00. The van der Waals surface area contributed by atoms with E-state index < -0.39 is 0 Å². The number of pyridine rings is 1. The number of halogens is 1. The van der Waals surface area contributed by atoms with Gasteiger partial charge in [-0.1, -0.05) is 17.7 Å². The standard InChI is InChI=1S/C12H10ClN3S/c13-8-3-4-16-9(7-14)12(15-11(16)6-8)10-2-1-5-17-10/h1-6H,7,14H2. The van der Waals surface area contributed by atoms with Crippen molar-refractivity contribution >= 4 is 28.6 Å². The molecule has 0 fully saturated rings. The second-order valence-electron chi connectivity index (χ2n) is 3.66. The molecule has 0 aliphatic carbocycles. The first kappa shape index (κ1) is 10.8. The zero-order chi connectivity index (χ0) is 11.8. The van der Waals surface area contributed by atoms with Crippen LogP contribution in [0.4, 0.5) is 0 Å². The fraction of sp³-hybridized carbons (Fsp3) is 0.0833. The lowest BCUT2D eigenvalue weighted by atomic mass is 10.3. The van der Waals surface area contributed by atoms with Crippen molar-refractivity contribution in [3.05, 3.63) is 46.6 Å². The second-order valence-corrected chi connectivity index (χ2v) is 5.05. The van der Waals surface area contributed by atoms with Crippen LogP contribution in [0.3, 0.4) is 0 Å². The van der Waals surface area contributed by atoms with Crippen LogP contribution < -0.4 is 5.73 Å². The minimum atomic E-state index is 0.454. The molecule has 0 bridgehead atoms. The molecule has 0 unspecified atom stereocenters. The third-order valence-electron chi connectivity index (χ3n) is 2.64. The molecule has 0 radical (unpaired) electrons. The minimum Gasteiger partial charge on any atom is -0.325 e. The Bertz CT molecular complexity index is 658. The van der Waals surface area contributed by atoms with E-state index in [1.54, 1.807) is 11.3 Å². The lowest BCUT2D eigenvalue weighted by molar-refractivity contribution is 0.963. The number of hydrogen-bond acceptors (Lipinski definition) is 3. The van der Waals surface area contributed by atoms with Gasteiger partial charge >= 0.3 is 0 Å². The summed E-state index contributed by atoms with van der Waals surface area (Å²) >= 11 is 7.63. The van der Waals surface area contributed by atoms with Gasteiger partial charge in [0.15, 0.2) is 0 Å². The highest BCUT2D eigenvalue weighted by Gasteiger charge is 2.13. The highest BCUT2D eigenvalue weighted by molar-refractivity contribution is 7.13. The highest BCUT2D eigenvalue weighted by atomic mass is 35.5. The summed E-state index contributed by atoms with van der Waals surface area (Å²) < 4.78 is 1.99. The molecule has 0 atom stereocenters. The molecule has 17 heavy (non-hydrogen) atoms. The maximum atomic E-state index is 5.97. The van der Waals surface area contributed by atoms with Crippen LogP contribution >= 0.6 is 22.9 Å². The Morgan fingerprint density at radius 1 is 1.41 bits per heavy atom. The molecule has 0 aromatic carbocycles. The van der Waals surface area contributed by atoms with Crippen molar-refractivity contribution in [2.75, 3.05) is 0 Å². The number of rotatable bonds is 2. The SMILES string of the molecule is NCc1c(-c2cccs2)nc2cc(Cl)ccn12. The van der Waals surface area contributed by atoms with Gasteiger partial charge in [-0.3, -0.25) is 0 Å². The van der Waals surface area contributed by atoms with Gasteiger partial charge in [-0.15, -0.1) is 11.3 Å². The molecule has 3 heterocycles. The number of aromatic nitrogens is 2. The molecule has 0 aliphatic rings. The zero-order valence-corrected chi connectivity index (χ0v) is 10.5. The van der Waals surface area contributed by atoms with Gasteiger partial charge in [0.05, 0.1) is 10.6 Å². The summed E-state index contributed by atoms with van der Waals surface area (Å²) in [6.45, 7) is 0.454. The summed E-state index contributed by atoms with van der Waals surface area (Å²) in [6, 6.07) is 7.75. The number of thiophene rings is 1. The largest absolute Gasteiger partial charge is 0.325 e. The monoisotopic (exact) mass is 263 g/mol. The molecule has 5 heteroatoms.